The molecule has 0 aliphatic rings. The van der Waals surface area contributed by atoms with Gasteiger partial charge in [-0.1, -0.05) is 18.5 Å². The van der Waals surface area contributed by atoms with Gasteiger partial charge in [-0.2, -0.15) is 5.26 Å². The molecule has 4 nitrogen and oxygen atoms in total. The van der Waals surface area contributed by atoms with Gasteiger partial charge in [0.05, 0.1) is 35.6 Å². The highest BCUT2D eigenvalue weighted by atomic mass is 35.5. The van der Waals surface area contributed by atoms with Crippen LogP contribution in [0.15, 0.2) is 18.2 Å². The van der Waals surface area contributed by atoms with Gasteiger partial charge in [-0.3, -0.25) is 0 Å². The minimum atomic E-state index is -0.600. The molecule has 0 aliphatic carbocycles. The molecule has 0 fully saturated rings. The van der Waals surface area contributed by atoms with Crippen LogP contribution < -0.4 is 5.32 Å². The number of hydrogen-bond donors (Lipinski definition) is 3. The topological polar surface area (TPSA) is 76.3 Å². The highest BCUT2D eigenvalue weighted by Crippen LogP contribution is 2.24. The fourth-order valence-electron chi connectivity index (χ4n) is 1.20. The van der Waals surface area contributed by atoms with Gasteiger partial charge in [0.1, 0.15) is 0 Å². The summed E-state index contributed by atoms with van der Waals surface area (Å²) in [6.07, 6.45) is 0. The van der Waals surface area contributed by atoms with Crippen molar-refractivity contribution in [1.29, 1.82) is 5.26 Å². The van der Waals surface area contributed by atoms with Gasteiger partial charge in [0.2, 0.25) is 0 Å². The Bertz CT molecular complexity index is 425. The van der Waals surface area contributed by atoms with E-state index in [9.17, 15) is 0 Å². The Morgan fingerprint density at radius 1 is 1.41 bits per heavy atom. The first-order valence-electron chi connectivity index (χ1n) is 5.20. The van der Waals surface area contributed by atoms with Crippen molar-refractivity contribution in [3.8, 4) is 6.07 Å². The summed E-state index contributed by atoms with van der Waals surface area (Å²) in [7, 11) is 0. The Morgan fingerprint density at radius 2 is 2.06 bits per heavy atom. The molecule has 1 rings (SSSR count). The molecule has 0 aromatic heterocycles. The van der Waals surface area contributed by atoms with Crippen LogP contribution in [-0.2, 0) is 0 Å². The molecule has 0 saturated heterocycles. The van der Waals surface area contributed by atoms with E-state index in [2.05, 4.69) is 5.32 Å². The largest absolute Gasteiger partial charge is 0.396 e. The predicted octanol–water partition coefficient (Wildman–Crippen LogP) is 1.61. The van der Waals surface area contributed by atoms with Crippen LogP contribution in [0.3, 0.4) is 0 Å². The van der Waals surface area contributed by atoms with Gasteiger partial charge in [0, 0.05) is 12.0 Å². The number of nitrogens with zero attached hydrogens (tertiary/aromatic N) is 1. The highest BCUT2D eigenvalue weighted by molar-refractivity contribution is 6.33. The lowest BCUT2D eigenvalue weighted by Crippen LogP contribution is -2.34. The number of aliphatic hydroxyl groups excluding tert-OH is 2. The molecule has 5 heteroatoms. The smallest absolute Gasteiger partial charge is 0.0992 e. The molecule has 92 valence electrons. The minimum Gasteiger partial charge on any atom is -0.396 e. The quantitative estimate of drug-likeness (QED) is 0.746. The van der Waals surface area contributed by atoms with Gasteiger partial charge in [-0.15, -0.1) is 0 Å². The molecule has 0 aliphatic heterocycles. The molecule has 3 N–H and O–H groups in total. The minimum absolute atomic E-state index is 0.121. The van der Waals surface area contributed by atoms with Crippen molar-refractivity contribution in [3.63, 3.8) is 0 Å². The van der Waals surface area contributed by atoms with E-state index < -0.39 is 5.41 Å². The van der Waals surface area contributed by atoms with Crippen LogP contribution in [0.2, 0.25) is 5.02 Å². The average Bonchev–Trinajstić information content (AvgIpc) is 2.36. The number of halogens is 1. The Hall–Kier alpha value is -1.28. The van der Waals surface area contributed by atoms with E-state index in [0.29, 0.717) is 22.8 Å². The third-order valence-corrected chi connectivity index (χ3v) is 2.88. The SMILES string of the molecule is CC(CO)(CO)CNc1ccc(C#N)cc1Cl. The molecule has 0 unspecified atom stereocenters. The van der Waals surface area contributed by atoms with Crippen molar-refractivity contribution in [2.24, 2.45) is 5.41 Å². The highest BCUT2D eigenvalue weighted by Gasteiger charge is 2.22. The monoisotopic (exact) mass is 254 g/mol. The number of benzene rings is 1. The molecule has 1 aromatic rings. The van der Waals surface area contributed by atoms with E-state index in [4.69, 9.17) is 27.1 Å². The van der Waals surface area contributed by atoms with E-state index in [0.717, 1.165) is 0 Å². The lowest BCUT2D eigenvalue weighted by atomic mass is 9.93. The first-order chi connectivity index (χ1) is 8.04. The summed E-state index contributed by atoms with van der Waals surface area (Å²) in [6, 6.07) is 6.93. The zero-order valence-corrected chi connectivity index (χ0v) is 10.3. The second-order valence-electron chi connectivity index (χ2n) is 4.29. The van der Waals surface area contributed by atoms with Gasteiger partial charge in [0.25, 0.3) is 0 Å². The van der Waals surface area contributed by atoms with Crippen molar-refractivity contribution in [2.45, 2.75) is 6.92 Å². The lowest BCUT2D eigenvalue weighted by molar-refractivity contribution is 0.0806. The molecular weight excluding hydrogens is 240 g/mol. The van der Waals surface area contributed by atoms with Gasteiger partial charge >= 0.3 is 0 Å². The van der Waals surface area contributed by atoms with E-state index in [1.807, 2.05) is 6.07 Å². The van der Waals surface area contributed by atoms with E-state index in [1.54, 1.807) is 25.1 Å². The Kier molecular flexibility index (Phi) is 4.76. The van der Waals surface area contributed by atoms with Crippen molar-refractivity contribution >= 4 is 17.3 Å². The van der Waals surface area contributed by atoms with E-state index >= 15 is 0 Å². The number of hydrogen-bond acceptors (Lipinski definition) is 4. The summed E-state index contributed by atoms with van der Waals surface area (Å²) < 4.78 is 0. The van der Waals surface area contributed by atoms with Crippen molar-refractivity contribution in [3.05, 3.63) is 28.8 Å². The van der Waals surface area contributed by atoms with Crippen LogP contribution in [0.5, 0.6) is 0 Å². The Morgan fingerprint density at radius 3 is 2.53 bits per heavy atom. The van der Waals surface area contributed by atoms with Gasteiger partial charge in [-0.05, 0) is 18.2 Å². The molecule has 0 saturated carbocycles. The maximum Gasteiger partial charge on any atom is 0.0992 e. The summed E-state index contributed by atoms with van der Waals surface area (Å²) in [5, 5.41) is 30.5. The Labute approximate surface area is 105 Å². The van der Waals surface area contributed by atoms with Crippen LogP contribution >= 0.6 is 11.6 Å². The average molecular weight is 255 g/mol. The van der Waals surface area contributed by atoms with Gasteiger partial charge in [-0.25, -0.2) is 0 Å². The van der Waals surface area contributed by atoms with Crippen LogP contribution in [-0.4, -0.2) is 30.0 Å². The van der Waals surface area contributed by atoms with Crippen LogP contribution in [0.1, 0.15) is 12.5 Å². The normalized spacial score (nSPS) is 11.0. The molecule has 17 heavy (non-hydrogen) atoms. The fourth-order valence-corrected chi connectivity index (χ4v) is 1.45. The molecule has 0 bridgehead atoms. The first kappa shape index (κ1) is 13.8. The molecule has 1 aromatic carbocycles. The molecule has 0 spiro atoms. The van der Waals surface area contributed by atoms with E-state index in [1.165, 1.54) is 0 Å². The third kappa shape index (κ3) is 3.60. The Balaban J connectivity index is 2.74. The number of nitrogens with one attached hydrogen (secondary N) is 1. The lowest BCUT2D eigenvalue weighted by Gasteiger charge is -2.25. The zero-order chi connectivity index (χ0) is 12.9. The second kappa shape index (κ2) is 5.87. The summed E-state index contributed by atoms with van der Waals surface area (Å²) >= 11 is 5.98. The molecular formula is C12H15ClN2O2. The zero-order valence-electron chi connectivity index (χ0n) is 9.57. The molecule has 0 atom stereocenters. The number of nitriles is 1. The summed E-state index contributed by atoms with van der Waals surface area (Å²) in [5.74, 6) is 0. The van der Waals surface area contributed by atoms with Crippen molar-refractivity contribution < 1.29 is 10.2 Å². The van der Waals surface area contributed by atoms with Gasteiger partial charge < -0.3 is 15.5 Å². The summed E-state index contributed by atoms with van der Waals surface area (Å²) in [4.78, 5) is 0. The van der Waals surface area contributed by atoms with Crippen LogP contribution in [0.4, 0.5) is 5.69 Å². The van der Waals surface area contributed by atoms with Gasteiger partial charge in [0.15, 0.2) is 0 Å². The summed E-state index contributed by atoms with van der Waals surface area (Å²) in [6.45, 7) is 1.91. The number of rotatable bonds is 5. The maximum atomic E-state index is 9.14. The predicted molar refractivity (Wildman–Crippen MR) is 66.9 cm³/mol. The van der Waals surface area contributed by atoms with Crippen molar-refractivity contribution in [2.75, 3.05) is 25.1 Å². The number of anilines is 1. The first-order valence-corrected chi connectivity index (χ1v) is 5.58. The fraction of sp³-hybridized carbons (Fsp3) is 0.417. The third-order valence-electron chi connectivity index (χ3n) is 2.57. The van der Waals surface area contributed by atoms with Crippen molar-refractivity contribution in [1.82, 2.24) is 0 Å². The van der Waals surface area contributed by atoms with Crippen LogP contribution in [0.25, 0.3) is 0 Å². The molecule has 0 heterocycles. The number of aliphatic hydroxyl groups is 2. The second-order valence-corrected chi connectivity index (χ2v) is 4.69. The standard InChI is InChI=1S/C12H15ClN2O2/c1-12(7-16,8-17)6-15-11-3-2-9(5-14)4-10(11)13/h2-4,15-17H,6-8H2,1H3. The summed E-state index contributed by atoms with van der Waals surface area (Å²) in [5.41, 5.74) is 0.573. The maximum absolute atomic E-state index is 9.14. The van der Waals surface area contributed by atoms with Crippen LogP contribution in [0, 0.1) is 16.7 Å². The molecule has 0 amide bonds. The van der Waals surface area contributed by atoms with E-state index in [-0.39, 0.29) is 13.2 Å². The molecule has 0 radical (unpaired) electrons.